The van der Waals surface area contributed by atoms with Crippen LogP contribution in [0.1, 0.15) is 16.3 Å². The van der Waals surface area contributed by atoms with Crippen LogP contribution in [0.3, 0.4) is 0 Å². The minimum atomic E-state index is -0.104. The van der Waals surface area contributed by atoms with Gasteiger partial charge in [-0.05, 0) is 36.4 Å². The minimum absolute atomic E-state index is 0.104. The van der Waals surface area contributed by atoms with E-state index < -0.39 is 0 Å². The maximum Gasteiger partial charge on any atom is 0.226 e. The smallest absolute Gasteiger partial charge is 0.226 e. The molecule has 0 atom stereocenters. The molecule has 0 fully saturated rings. The Hall–Kier alpha value is -2.81. The first-order chi connectivity index (χ1) is 13.2. The third-order valence-electron chi connectivity index (χ3n) is 3.50. The molecule has 0 saturated carbocycles. The van der Waals surface area contributed by atoms with Crippen molar-refractivity contribution in [2.75, 3.05) is 6.54 Å². The van der Waals surface area contributed by atoms with E-state index >= 15 is 0 Å². The summed E-state index contributed by atoms with van der Waals surface area (Å²) in [5, 5.41) is 6.13. The molecule has 3 rings (SSSR count). The van der Waals surface area contributed by atoms with Crippen LogP contribution in [0.2, 0.25) is 5.02 Å². The summed E-state index contributed by atoms with van der Waals surface area (Å²) in [6.45, 7) is 0.668. The van der Waals surface area contributed by atoms with Gasteiger partial charge in [-0.25, -0.2) is 4.98 Å². The lowest BCUT2D eigenvalue weighted by Crippen LogP contribution is -2.25. The summed E-state index contributed by atoms with van der Waals surface area (Å²) in [6, 6.07) is 16.8. The highest BCUT2D eigenvalue weighted by molar-refractivity contribution is 7.09. The molecule has 136 valence electrons. The molecule has 0 aliphatic heterocycles. The number of halogens is 1. The van der Waals surface area contributed by atoms with Gasteiger partial charge in [0.15, 0.2) is 0 Å². The van der Waals surface area contributed by atoms with Gasteiger partial charge in [0.05, 0.1) is 18.7 Å². The summed E-state index contributed by atoms with van der Waals surface area (Å²) < 4.78 is 5.66. The van der Waals surface area contributed by atoms with E-state index in [9.17, 15) is 4.79 Å². The summed E-state index contributed by atoms with van der Waals surface area (Å²) in [4.78, 5) is 16.4. The highest BCUT2D eigenvalue weighted by Gasteiger charge is 2.07. The fourth-order valence-electron chi connectivity index (χ4n) is 2.21. The highest BCUT2D eigenvalue weighted by atomic mass is 35.5. The molecule has 3 aromatic rings. The Kier molecular flexibility index (Phi) is 6.86. The minimum Gasteiger partial charge on any atom is -0.486 e. The van der Waals surface area contributed by atoms with Gasteiger partial charge in [-0.3, -0.25) is 4.79 Å². The molecule has 0 unspecified atom stereocenters. The second-order valence-corrected chi connectivity index (χ2v) is 6.98. The maximum absolute atomic E-state index is 12.0. The molecular weight excluding hydrogens is 380 g/mol. The lowest BCUT2D eigenvalue weighted by molar-refractivity contribution is -0.120. The van der Waals surface area contributed by atoms with E-state index in [-0.39, 0.29) is 12.3 Å². The number of rotatable bonds is 6. The van der Waals surface area contributed by atoms with E-state index in [2.05, 4.69) is 22.1 Å². The Morgan fingerprint density at radius 1 is 1.15 bits per heavy atom. The summed E-state index contributed by atoms with van der Waals surface area (Å²) in [7, 11) is 0. The average Bonchev–Trinajstić information content (AvgIpc) is 3.13. The van der Waals surface area contributed by atoms with Gasteiger partial charge >= 0.3 is 0 Å². The zero-order chi connectivity index (χ0) is 18.9. The topological polar surface area (TPSA) is 51.2 Å². The van der Waals surface area contributed by atoms with Crippen molar-refractivity contribution in [2.45, 2.75) is 13.0 Å². The van der Waals surface area contributed by atoms with Crippen LogP contribution < -0.4 is 10.1 Å². The van der Waals surface area contributed by atoms with Crippen LogP contribution in [0.25, 0.3) is 0 Å². The van der Waals surface area contributed by atoms with Crippen molar-refractivity contribution in [2.24, 2.45) is 0 Å². The first-order valence-corrected chi connectivity index (χ1v) is 9.57. The molecule has 0 saturated heterocycles. The molecule has 6 heteroatoms. The number of aromatic nitrogens is 1. The molecule has 0 bridgehead atoms. The predicted octanol–water partition coefficient (Wildman–Crippen LogP) is 4.09. The Bertz CT molecular complexity index is 944. The number of benzene rings is 2. The normalized spacial score (nSPS) is 9.96. The Balaban J connectivity index is 1.42. The fourth-order valence-corrected chi connectivity index (χ4v) is 3.04. The molecule has 1 N–H and O–H groups in total. The van der Waals surface area contributed by atoms with Crippen molar-refractivity contribution >= 4 is 28.8 Å². The molecule has 0 radical (unpaired) electrons. The molecule has 4 nitrogen and oxygen atoms in total. The van der Waals surface area contributed by atoms with E-state index in [0.717, 1.165) is 22.0 Å². The molecule has 1 heterocycles. The zero-order valence-corrected chi connectivity index (χ0v) is 16.0. The van der Waals surface area contributed by atoms with Crippen molar-refractivity contribution < 1.29 is 9.53 Å². The molecule has 1 aromatic heterocycles. The van der Waals surface area contributed by atoms with Gasteiger partial charge < -0.3 is 10.1 Å². The number of ether oxygens (including phenoxy) is 1. The lowest BCUT2D eigenvalue weighted by Gasteiger charge is -2.03. The van der Waals surface area contributed by atoms with Crippen LogP contribution in [0.5, 0.6) is 5.75 Å². The van der Waals surface area contributed by atoms with Crippen LogP contribution >= 0.6 is 22.9 Å². The molecule has 2 aromatic carbocycles. The number of nitrogens with one attached hydrogen (secondary N) is 1. The van der Waals surface area contributed by atoms with E-state index in [4.69, 9.17) is 16.3 Å². The van der Waals surface area contributed by atoms with Crippen LogP contribution in [-0.2, 0) is 17.8 Å². The van der Waals surface area contributed by atoms with Crippen molar-refractivity contribution in [1.29, 1.82) is 0 Å². The van der Waals surface area contributed by atoms with Gasteiger partial charge in [0.2, 0.25) is 5.91 Å². The number of nitrogens with zero attached hydrogens (tertiary/aromatic N) is 1. The van der Waals surface area contributed by atoms with Gasteiger partial charge in [0.1, 0.15) is 17.4 Å². The first kappa shape index (κ1) is 19.0. The van der Waals surface area contributed by atoms with Gasteiger partial charge in [-0.1, -0.05) is 41.6 Å². The van der Waals surface area contributed by atoms with E-state index in [1.807, 2.05) is 35.7 Å². The fraction of sp³-hybridized carbons (Fsp3) is 0.143. The largest absolute Gasteiger partial charge is 0.486 e. The molecular formula is C21H17ClN2O2S. The van der Waals surface area contributed by atoms with Crippen molar-refractivity contribution in [3.63, 3.8) is 0 Å². The predicted molar refractivity (Wildman–Crippen MR) is 108 cm³/mol. The van der Waals surface area contributed by atoms with E-state index in [0.29, 0.717) is 18.2 Å². The quantitative estimate of drug-likeness (QED) is 0.638. The molecule has 0 aliphatic rings. The second-order valence-electron chi connectivity index (χ2n) is 5.60. The van der Waals surface area contributed by atoms with E-state index in [1.165, 1.54) is 11.3 Å². The Labute approximate surface area is 167 Å². The van der Waals surface area contributed by atoms with Gasteiger partial charge in [-0.2, -0.15) is 0 Å². The summed E-state index contributed by atoms with van der Waals surface area (Å²) in [5.74, 6) is 6.56. The van der Waals surface area contributed by atoms with E-state index in [1.54, 1.807) is 24.3 Å². The molecule has 0 spiro atoms. The number of hydrogen-bond acceptors (Lipinski definition) is 4. The van der Waals surface area contributed by atoms with Crippen molar-refractivity contribution in [3.05, 3.63) is 81.3 Å². The number of carbonyl (C=O) groups excluding carboxylic acids is 1. The Morgan fingerprint density at radius 3 is 2.70 bits per heavy atom. The average molecular weight is 397 g/mol. The molecule has 1 amide bonds. The SMILES string of the molecule is O=C(Cc1csc(COc2ccc(Cl)cc2)n1)NCC#Cc1ccccc1. The number of amides is 1. The Morgan fingerprint density at radius 2 is 1.93 bits per heavy atom. The van der Waals surface area contributed by atoms with Crippen molar-refractivity contribution in [1.82, 2.24) is 10.3 Å². The maximum atomic E-state index is 12.0. The standard InChI is InChI=1S/C21H17ClN2O2S/c22-17-8-10-19(11-9-17)26-14-21-24-18(15-27-21)13-20(25)23-12-4-7-16-5-2-1-3-6-16/h1-3,5-6,8-11,15H,12-14H2,(H,23,25). The second kappa shape index (κ2) is 9.77. The zero-order valence-electron chi connectivity index (χ0n) is 14.4. The number of thiazole rings is 1. The lowest BCUT2D eigenvalue weighted by atomic mass is 10.2. The van der Waals surface area contributed by atoms with Crippen molar-refractivity contribution in [3.8, 4) is 17.6 Å². The number of hydrogen-bond donors (Lipinski definition) is 1. The summed E-state index contributed by atoms with van der Waals surface area (Å²) in [5.41, 5.74) is 1.65. The van der Waals surface area contributed by atoms with Crippen LogP contribution in [0.15, 0.2) is 60.0 Å². The summed E-state index contributed by atoms with van der Waals surface area (Å²) >= 11 is 7.31. The number of carbonyl (C=O) groups is 1. The molecule has 0 aliphatic carbocycles. The van der Waals surface area contributed by atoms with Gasteiger partial charge in [-0.15, -0.1) is 11.3 Å². The van der Waals surface area contributed by atoms with Crippen LogP contribution in [-0.4, -0.2) is 17.4 Å². The summed E-state index contributed by atoms with van der Waals surface area (Å²) in [6.07, 6.45) is 0.227. The van der Waals surface area contributed by atoms with Crippen LogP contribution in [0.4, 0.5) is 0 Å². The highest BCUT2D eigenvalue weighted by Crippen LogP contribution is 2.18. The van der Waals surface area contributed by atoms with Crippen LogP contribution in [0, 0.1) is 11.8 Å². The van der Waals surface area contributed by atoms with Gasteiger partial charge in [0, 0.05) is 16.0 Å². The molecule has 27 heavy (non-hydrogen) atoms. The first-order valence-electron chi connectivity index (χ1n) is 8.31. The third-order valence-corrected chi connectivity index (χ3v) is 4.62. The monoisotopic (exact) mass is 396 g/mol. The third kappa shape index (κ3) is 6.45. The van der Waals surface area contributed by atoms with Gasteiger partial charge in [0.25, 0.3) is 0 Å².